The second-order valence-electron chi connectivity index (χ2n) is 5.27. The second-order valence-corrected chi connectivity index (χ2v) is 5.27. The number of nitrogens with one attached hydrogen (secondary N) is 2. The number of para-hydroxylation sites is 1. The van der Waals surface area contributed by atoms with Gasteiger partial charge in [-0.15, -0.1) is 0 Å². The SMILES string of the molecule is CCN(CCNc1ncccc1C(=O)NC)c1ccccc1C. The van der Waals surface area contributed by atoms with Crippen LogP contribution in [-0.2, 0) is 0 Å². The predicted molar refractivity (Wildman–Crippen MR) is 95.2 cm³/mol. The van der Waals surface area contributed by atoms with Crippen molar-refractivity contribution in [2.45, 2.75) is 13.8 Å². The van der Waals surface area contributed by atoms with Crippen LogP contribution in [-0.4, -0.2) is 37.6 Å². The lowest BCUT2D eigenvalue weighted by molar-refractivity contribution is 0.0963. The normalized spacial score (nSPS) is 10.2. The van der Waals surface area contributed by atoms with E-state index in [1.165, 1.54) is 11.3 Å². The molecular formula is C18H24N4O. The molecular weight excluding hydrogens is 288 g/mol. The van der Waals surface area contributed by atoms with Crippen LogP contribution in [0.3, 0.4) is 0 Å². The molecule has 2 aromatic rings. The molecule has 5 heteroatoms. The molecule has 2 N–H and O–H groups in total. The van der Waals surface area contributed by atoms with E-state index >= 15 is 0 Å². The van der Waals surface area contributed by atoms with Crippen LogP contribution < -0.4 is 15.5 Å². The van der Waals surface area contributed by atoms with Gasteiger partial charge in [0.2, 0.25) is 0 Å². The van der Waals surface area contributed by atoms with E-state index < -0.39 is 0 Å². The van der Waals surface area contributed by atoms with Gasteiger partial charge in [-0.05, 0) is 37.6 Å². The van der Waals surface area contributed by atoms with Gasteiger partial charge in [0.25, 0.3) is 5.91 Å². The van der Waals surface area contributed by atoms with E-state index in [1.807, 2.05) is 0 Å². The van der Waals surface area contributed by atoms with Crippen molar-refractivity contribution < 1.29 is 4.79 Å². The zero-order valence-corrected chi connectivity index (χ0v) is 14.0. The Morgan fingerprint density at radius 3 is 2.70 bits per heavy atom. The van der Waals surface area contributed by atoms with E-state index in [9.17, 15) is 4.79 Å². The number of aromatic nitrogens is 1. The Morgan fingerprint density at radius 2 is 2.00 bits per heavy atom. The summed E-state index contributed by atoms with van der Waals surface area (Å²) in [6, 6.07) is 11.9. The molecule has 2 rings (SSSR count). The maximum absolute atomic E-state index is 11.9. The number of anilines is 2. The van der Waals surface area contributed by atoms with Gasteiger partial charge in [0.15, 0.2) is 0 Å². The number of likely N-dealkylation sites (N-methyl/N-ethyl adjacent to an activating group) is 1. The third kappa shape index (κ3) is 4.22. The molecule has 0 saturated carbocycles. The number of carbonyl (C=O) groups is 1. The van der Waals surface area contributed by atoms with Crippen molar-refractivity contribution in [3.63, 3.8) is 0 Å². The van der Waals surface area contributed by atoms with Crippen molar-refractivity contribution in [2.24, 2.45) is 0 Å². The number of benzene rings is 1. The fourth-order valence-electron chi connectivity index (χ4n) is 2.54. The van der Waals surface area contributed by atoms with Crippen LogP contribution in [0.1, 0.15) is 22.8 Å². The monoisotopic (exact) mass is 312 g/mol. The number of amides is 1. The first kappa shape index (κ1) is 16.8. The van der Waals surface area contributed by atoms with Gasteiger partial charge in [-0.3, -0.25) is 4.79 Å². The fraction of sp³-hybridized carbons (Fsp3) is 0.333. The Morgan fingerprint density at radius 1 is 1.22 bits per heavy atom. The highest BCUT2D eigenvalue weighted by atomic mass is 16.1. The summed E-state index contributed by atoms with van der Waals surface area (Å²) >= 11 is 0. The number of carbonyl (C=O) groups excluding carboxylic acids is 1. The van der Waals surface area contributed by atoms with Crippen LogP contribution in [0.4, 0.5) is 11.5 Å². The molecule has 0 saturated heterocycles. The average Bonchev–Trinajstić information content (AvgIpc) is 2.59. The molecule has 0 radical (unpaired) electrons. The number of hydrogen-bond acceptors (Lipinski definition) is 4. The first-order chi connectivity index (χ1) is 11.2. The Hall–Kier alpha value is -2.56. The third-order valence-corrected chi connectivity index (χ3v) is 3.79. The van der Waals surface area contributed by atoms with E-state index in [1.54, 1.807) is 25.4 Å². The molecule has 1 aromatic heterocycles. The van der Waals surface area contributed by atoms with Gasteiger partial charge < -0.3 is 15.5 Å². The van der Waals surface area contributed by atoms with E-state index in [-0.39, 0.29) is 5.91 Å². The molecule has 1 heterocycles. The quantitative estimate of drug-likeness (QED) is 0.825. The molecule has 1 aromatic carbocycles. The van der Waals surface area contributed by atoms with Crippen LogP contribution in [0.25, 0.3) is 0 Å². The van der Waals surface area contributed by atoms with Gasteiger partial charge in [0.05, 0.1) is 5.56 Å². The molecule has 0 aliphatic carbocycles. The minimum Gasteiger partial charge on any atom is -0.370 e. The smallest absolute Gasteiger partial charge is 0.254 e. The first-order valence-corrected chi connectivity index (χ1v) is 7.89. The maximum Gasteiger partial charge on any atom is 0.254 e. The fourth-order valence-corrected chi connectivity index (χ4v) is 2.54. The summed E-state index contributed by atoms with van der Waals surface area (Å²) in [5.41, 5.74) is 3.07. The van der Waals surface area contributed by atoms with Crippen molar-refractivity contribution in [1.29, 1.82) is 0 Å². The topological polar surface area (TPSA) is 57.3 Å². The highest BCUT2D eigenvalue weighted by Gasteiger charge is 2.11. The molecule has 0 bridgehead atoms. The minimum atomic E-state index is -0.133. The van der Waals surface area contributed by atoms with Crippen molar-refractivity contribution in [1.82, 2.24) is 10.3 Å². The molecule has 0 aliphatic rings. The molecule has 23 heavy (non-hydrogen) atoms. The zero-order chi connectivity index (χ0) is 16.7. The molecule has 0 atom stereocenters. The van der Waals surface area contributed by atoms with Crippen LogP contribution >= 0.6 is 0 Å². The van der Waals surface area contributed by atoms with Crippen LogP contribution in [0.5, 0.6) is 0 Å². The number of aryl methyl sites for hydroxylation is 1. The van der Waals surface area contributed by atoms with Crippen LogP contribution in [0, 0.1) is 6.92 Å². The summed E-state index contributed by atoms with van der Waals surface area (Å²) in [6.45, 7) is 6.74. The molecule has 0 aliphatic heterocycles. The van der Waals surface area contributed by atoms with Gasteiger partial charge in [-0.2, -0.15) is 0 Å². The largest absolute Gasteiger partial charge is 0.370 e. The van der Waals surface area contributed by atoms with Gasteiger partial charge in [-0.25, -0.2) is 4.98 Å². The van der Waals surface area contributed by atoms with E-state index in [0.29, 0.717) is 17.9 Å². The number of rotatable bonds is 7. The average molecular weight is 312 g/mol. The van der Waals surface area contributed by atoms with E-state index in [2.05, 4.69) is 58.6 Å². The van der Waals surface area contributed by atoms with Crippen molar-refractivity contribution >= 4 is 17.4 Å². The molecule has 5 nitrogen and oxygen atoms in total. The lowest BCUT2D eigenvalue weighted by Crippen LogP contribution is -2.30. The van der Waals surface area contributed by atoms with Gasteiger partial charge >= 0.3 is 0 Å². The Labute approximate surface area is 137 Å². The van der Waals surface area contributed by atoms with Gasteiger partial charge in [0, 0.05) is 38.6 Å². The van der Waals surface area contributed by atoms with Crippen molar-refractivity contribution in [3.05, 3.63) is 53.7 Å². The summed E-state index contributed by atoms with van der Waals surface area (Å²) in [4.78, 5) is 18.4. The maximum atomic E-state index is 11.9. The van der Waals surface area contributed by atoms with E-state index in [4.69, 9.17) is 0 Å². The lowest BCUT2D eigenvalue weighted by Gasteiger charge is -2.25. The highest BCUT2D eigenvalue weighted by molar-refractivity contribution is 5.98. The summed E-state index contributed by atoms with van der Waals surface area (Å²) in [6.07, 6.45) is 1.69. The van der Waals surface area contributed by atoms with Gasteiger partial charge in [-0.1, -0.05) is 18.2 Å². The molecule has 0 fully saturated rings. The molecule has 1 amide bonds. The standard InChI is InChI=1S/C18H24N4O/c1-4-22(16-10-6-5-8-14(16)2)13-12-21-17-15(18(23)19-3)9-7-11-20-17/h5-11H,4,12-13H2,1-3H3,(H,19,23)(H,20,21). The Balaban J connectivity index is 2.02. The zero-order valence-electron chi connectivity index (χ0n) is 14.0. The summed E-state index contributed by atoms with van der Waals surface area (Å²) in [5, 5.41) is 5.90. The lowest BCUT2D eigenvalue weighted by atomic mass is 10.2. The van der Waals surface area contributed by atoms with Gasteiger partial charge in [0.1, 0.15) is 5.82 Å². The number of pyridine rings is 1. The van der Waals surface area contributed by atoms with Crippen LogP contribution in [0.2, 0.25) is 0 Å². The predicted octanol–water partition coefficient (Wildman–Crippen LogP) is 2.69. The summed E-state index contributed by atoms with van der Waals surface area (Å²) in [7, 11) is 1.62. The minimum absolute atomic E-state index is 0.133. The second kappa shape index (κ2) is 8.17. The number of hydrogen-bond donors (Lipinski definition) is 2. The third-order valence-electron chi connectivity index (χ3n) is 3.79. The number of nitrogens with zero attached hydrogens (tertiary/aromatic N) is 2. The molecule has 122 valence electrons. The summed E-state index contributed by atoms with van der Waals surface area (Å²) < 4.78 is 0. The van der Waals surface area contributed by atoms with Crippen LogP contribution in [0.15, 0.2) is 42.6 Å². The highest BCUT2D eigenvalue weighted by Crippen LogP contribution is 2.19. The van der Waals surface area contributed by atoms with Crippen molar-refractivity contribution in [3.8, 4) is 0 Å². The van der Waals surface area contributed by atoms with E-state index in [0.717, 1.165) is 13.1 Å². The Bertz CT molecular complexity index is 657. The first-order valence-electron chi connectivity index (χ1n) is 7.89. The molecule has 0 spiro atoms. The Kier molecular flexibility index (Phi) is 5.97. The van der Waals surface area contributed by atoms with Crippen molar-refractivity contribution in [2.75, 3.05) is 36.9 Å². The molecule has 0 unspecified atom stereocenters. The summed E-state index contributed by atoms with van der Waals surface area (Å²) in [5.74, 6) is 0.486.